The number of hydrogen-bond acceptors (Lipinski definition) is 4. The second-order valence-electron chi connectivity index (χ2n) is 10.4. The first-order valence-electron chi connectivity index (χ1n) is 12.7. The van der Waals surface area contributed by atoms with Crippen LogP contribution in [0.2, 0.25) is 18.1 Å². The smallest absolute Gasteiger partial charge is 0.191 e. The molecule has 0 spiro atoms. The first-order valence-corrected chi connectivity index (χ1v) is 16.6. The van der Waals surface area contributed by atoms with Crippen LogP contribution >= 0.6 is 11.8 Å². The minimum atomic E-state index is -1.64. The Balaban J connectivity index is 2.06. The van der Waals surface area contributed by atoms with Crippen LogP contribution in [0.15, 0.2) is 35.2 Å². The summed E-state index contributed by atoms with van der Waals surface area (Å²) < 4.78 is 17.4. The lowest BCUT2D eigenvalue weighted by Crippen LogP contribution is -2.41. The van der Waals surface area contributed by atoms with Crippen LogP contribution in [0.25, 0.3) is 0 Å². The first-order chi connectivity index (χ1) is 15.3. The second-order valence-corrected chi connectivity index (χ2v) is 16.3. The average molecular weight is 483 g/mol. The van der Waals surface area contributed by atoms with Crippen molar-refractivity contribution in [2.24, 2.45) is 0 Å². The highest BCUT2D eigenvalue weighted by atomic mass is 32.2. The van der Waals surface area contributed by atoms with Gasteiger partial charge in [-0.3, -0.25) is 0 Å². The molecule has 3 nitrogen and oxygen atoms in total. The molecule has 1 aromatic carbocycles. The highest BCUT2D eigenvalue weighted by Crippen LogP contribution is 2.36. The molecule has 0 heterocycles. The zero-order valence-corrected chi connectivity index (χ0v) is 23.6. The summed E-state index contributed by atoms with van der Waals surface area (Å²) in [7, 11) is 0.0651. The lowest BCUT2D eigenvalue weighted by Gasteiger charge is -2.36. The number of ether oxygens (including phenoxy) is 2. The highest BCUT2D eigenvalue weighted by molar-refractivity contribution is 7.99. The first kappa shape index (κ1) is 29.7. The third kappa shape index (κ3) is 14.0. The van der Waals surface area contributed by atoms with Gasteiger partial charge in [0.25, 0.3) is 0 Å². The van der Waals surface area contributed by atoms with Crippen LogP contribution in [0.3, 0.4) is 0 Å². The standard InChI is InChI=1S/C27H50O3SSi/c1-27(2,3)32(5,6)30-22-17-19-25(29-24-28-4)18-13-10-8-7-9-11-16-23-31-26-20-14-12-15-21-26/h12,14-15,20-21,25H,7-11,13,16-19,22-24H2,1-6H3/t25-/m1/s1. The molecule has 0 fully saturated rings. The van der Waals surface area contributed by atoms with Crippen molar-refractivity contribution < 1.29 is 13.9 Å². The largest absolute Gasteiger partial charge is 0.417 e. The van der Waals surface area contributed by atoms with Crippen molar-refractivity contribution >= 4 is 20.1 Å². The maximum atomic E-state index is 6.32. The molecule has 0 radical (unpaired) electrons. The molecule has 5 heteroatoms. The molecule has 0 aliphatic rings. The quantitative estimate of drug-likeness (QED) is 0.0853. The summed E-state index contributed by atoms with van der Waals surface area (Å²) in [6.07, 6.45) is 12.9. The van der Waals surface area contributed by atoms with Gasteiger partial charge in [0.1, 0.15) is 6.79 Å². The summed E-state index contributed by atoms with van der Waals surface area (Å²) in [4.78, 5) is 1.39. The maximum absolute atomic E-state index is 6.32. The molecule has 0 bridgehead atoms. The molecule has 32 heavy (non-hydrogen) atoms. The van der Waals surface area contributed by atoms with E-state index in [2.05, 4.69) is 64.2 Å². The minimum Gasteiger partial charge on any atom is -0.417 e. The van der Waals surface area contributed by atoms with E-state index in [-0.39, 0.29) is 5.04 Å². The van der Waals surface area contributed by atoms with Crippen molar-refractivity contribution in [3.05, 3.63) is 30.3 Å². The normalized spacial score (nSPS) is 13.4. The van der Waals surface area contributed by atoms with Gasteiger partial charge in [-0.2, -0.15) is 0 Å². The summed E-state index contributed by atoms with van der Waals surface area (Å²) in [5.74, 6) is 1.24. The molecule has 0 amide bonds. The van der Waals surface area contributed by atoms with Crippen molar-refractivity contribution in [3.63, 3.8) is 0 Å². The zero-order valence-electron chi connectivity index (χ0n) is 21.8. The Labute approximate surface area is 204 Å². The third-order valence-corrected chi connectivity index (χ3v) is 12.2. The Morgan fingerprint density at radius 2 is 1.44 bits per heavy atom. The van der Waals surface area contributed by atoms with E-state index in [9.17, 15) is 0 Å². The topological polar surface area (TPSA) is 27.7 Å². The van der Waals surface area contributed by atoms with Crippen molar-refractivity contribution in [2.75, 3.05) is 26.3 Å². The van der Waals surface area contributed by atoms with E-state index in [0.29, 0.717) is 12.9 Å². The maximum Gasteiger partial charge on any atom is 0.191 e. The van der Waals surface area contributed by atoms with Gasteiger partial charge in [0.05, 0.1) is 6.10 Å². The fourth-order valence-electron chi connectivity index (χ4n) is 3.39. The second kappa shape index (κ2) is 17.2. The number of rotatable bonds is 19. The van der Waals surface area contributed by atoms with Gasteiger partial charge >= 0.3 is 0 Å². The summed E-state index contributed by atoms with van der Waals surface area (Å²) in [6.45, 7) is 12.8. The van der Waals surface area contributed by atoms with Crippen LogP contribution in [0.5, 0.6) is 0 Å². The van der Waals surface area contributed by atoms with Crippen LogP contribution in [-0.2, 0) is 13.9 Å². The fourth-order valence-corrected chi connectivity index (χ4v) is 5.42. The lowest BCUT2D eigenvalue weighted by molar-refractivity contribution is -0.0782. The van der Waals surface area contributed by atoms with Crippen LogP contribution in [-0.4, -0.2) is 40.7 Å². The van der Waals surface area contributed by atoms with Gasteiger partial charge in [-0.25, -0.2) is 0 Å². The van der Waals surface area contributed by atoms with Crippen LogP contribution in [0.1, 0.15) is 85.0 Å². The zero-order chi connectivity index (χ0) is 23.7. The highest BCUT2D eigenvalue weighted by Gasteiger charge is 2.36. The summed E-state index contributed by atoms with van der Waals surface area (Å²) in [6, 6.07) is 10.7. The van der Waals surface area contributed by atoms with Crippen molar-refractivity contribution in [3.8, 4) is 0 Å². The molecule has 0 saturated carbocycles. The molecule has 0 unspecified atom stereocenters. The third-order valence-electron chi connectivity index (χ3n) is 6.54. The van der Waals surface area contributed by atoms with E-state index in [4.69, 9.17) is 13.9 Å². The molecule has 1 rings (SSSR count). The van der Waals surface area contributed by atoms with Gasteiger partial charge in [-0.15, -0.1) is 11.8 Å². The molecule has 0 aliphatic carbocycles. The lowest BCUT2D eigenvalue weighted by atomic mass is 10.0. The number of benzene rings is 1. The number of hydrogen-bond donors (Lipinski definition) is 0. The van der Waals surface area contributed by atoms with Gasteiger partial charge in [0, 0.05) is 18.6 Å². The number of thioether (sulfide) groups is 1. The molecule has 0 saturated heterocycles. The summed E-state index contributed by atoms with van der Waals surface area (Å²) in [5.41, 5.74) is 0. The summed E-state index contributed by atoms with van der Waals surface area (Å²) in [5, 5.41) is 0.277. The minimum absolute atomic E-state index is 0.277. The van der Waals surface area contributed by atoms with Crippen molar-refractivity contribution in [1.29, 1.82) is 0 Å². The summed E-state index contributed by atoms with van der Waals surface area (Å²) >= 11 is 1.98. The van der Waals surface area contributed by atoms with E-state index in [0.717, 1.165) is 25.9 Å². The Hall–Kier alpha value is -0.333. The average Bonchev–Trinajstić information content (AvgIpc) is 2.75. The number of methoxy groups -OCH3 is 1. The van der Waals surface area contributed by atoms with Gasteiger partial charge in [-0.1, -0.05) is 77.5 Å². The van der Waals surface area contributed by atoms with Crippen molar-refractivity contribution in [2.45, 2.75) is 114 Å². The van der Waals surface area contributed by atoms with Gasteiger partial charge in [-0.05, 0) is 61.7 Å². The molecule has 0 aromatic heterocycles. The molecule has 186 valence electrons. The molecule has 1 aromatic rings. The van der Waals surface area contributed by atoms with E-state index in [1.54, 1.807) is 7.11 Å². The monoisotopic (exact) mass is 482 g/mol. The molecule has 0 N–H and O–H groups in total. The predicted octanol–water partition coefficient (Wildman–Crippen LogP) is 8.69. The SMILES string of the molecule is COCO[C@H](CCCCCCCCCSc1ccccc1)CCCO[Si](C)(C)C(C)(C)C. The van der Waals surface area contributed by atoms with Gasteiger partial charge in [0.2, 0.25) is 0 Å². The van der Waals surface area contributed by atoms with Crippen LogP contribution in [0.4, 0.5) is 0 Å². The Morgan fingerprint density at radius 3 is 2.06 bits per heavy atom. The molecular weight excluding hydrogens is 432 g/mol. The molecule has 0 aliphatic heterocycles. The molecular formula is C27H50O3SSi. The Morgan fingerprint density at radius 1 is 0.844 bits per heavy atom. The van der Waals surface area contributed by atoms with E-state index in [1.807, 2.05) is 11.8 Å². The van der Waals surface area contributed by atoms with Crippen LogP contribution < -0.4 is 0 Å². The Kier molecular flexibility index (Phi) is 15.9. The number of unbranched alkanes of at least 4 members (excludes halogenated alkanes) is 6. The van der Waals surface area contributed by atoms with Crippen LogP contribution in [0, 0.1) is 0 Å². The Bertz CT molecular complexity index is 560. The van der Waals surface area contributed by atoms with E-state index in [1.165, 1.54) is 55.6 Å². The van der Waals surface area contributed by atoms with E-state index < -0.39 is 8.32 Å². The van der Waals surface area contributed by atoms with Gasteiger partial charge < -0.3 is 13.9 Å². The molecule has 1 atom stereocenters. The fraction of sp³-hybridized carbons (Fsp3) is 0.778. The predicted molar refractivity (Wildman–Crippen MR) is 143 cm³/mol. The van der Waals surface area contributed by atoms with Gasteiger partial charge in [0.15, 0.2) is 8.32 Å². The van der Waals surface area contributed by atoms with Crippen molar-refractivity contribution in [1.82, 2.24) is 0 Å². The van der Waals surface area contributed by atoms with E-state index >= 15 is 0 Å².